The normalized spacial score (nSPS) is 14.1. The van der Waals surface area contributed by atoms with Crippen molar-refractivity contribution in [1.29, 1.82) is 0 Å². The third kappa shape index (κ3) is 56.8. The fourth-order valence-electron chi connectivity index (χ4n) is 8.09. The lowest BCUT2D eigenvalue weighted by Crippen LogP contribution is -2.30. The number of phosphoric ester groups is 1. The van der Waals surface area contributed by atoms with Gasteiger partial charge in [0.15, 0.2) is 6.10 Å². The van der Waals surface area contributed by atoms with Gasteiger partial charge in [0.25, 0.3) is 0 Å². The highest BCUT2D eigenvalue weighted by Gasteiger charge is 2.28. The van der Waals surface area contributed by atoms with Crippen molar-refractivity contribution in [2.75, 3.05) is 26.4 Å². The van der Waals surface area contributed by atoms with E-state index in [-0.39, 0.29) is 25.9 Å². The summed E-state index contributed by atoms with van der Waals surface area (Å²) in [5.41, 5.74) is 0. The minimum Gasteiger partial charge on any atom is -0.462 e. The number of ether oxygens (including phenoxy) is 3. The van der Waals surface area contributed by atoms with Gasteiger partial charge in [-0.25, -0.2) is 4.57 Å². The van der Waals surface area contributed by atoms with Crippen LogP contribution in [0.5, 0.6) is 0 Å². The molecule has 0 aromatic carbocycles. The largest absolute Gasteiger partial charge is 0.472 e. The Kier molecular flexibility index (Phi) is 56.3. The molecule has 0 aromatic heterocycles. The zero-order valence-electron chi connectivity index (χ0n) is 49.3. The number of phosphoric acid groups is 1. The molecular weight excluding hydrogens is 1000 g/mol. The predicted molar refractivity (Wildman–Crippen MR) is 325 cm³/mol. The molecular formula is C66H111O11P. The number of carbonyl (C=O) groups is 3. The Labute approximate surface area is 475 Å². The molecule has 0 bridgehead atoms. The maximum atomic E-state index is 12.9. The third-order valence-corrected chi connectivity index (χ3v) is 13.6. The number of carbonyl (C=O) groups excluding carboxylic acids is 3. The van der Waals surface area contributed by atoms with Gasteiger partial charge in [-0.15, -0.1) is 0 Å². The van der Waals surface area contributed by atoms with E-state index < -0.39 is 57.8 Å². The summed E-state index contributed by atoms with van der Waals surface area (Å²) in [4.78, 5) is 48.6. The Bertz CT molecular complexity index is 1720. The average Bonchev–Trinajstić information content (AvgIpc) is 3.43. The first-order valence-electron chi connectivity index (χ1n) is 30.8. The molecule has 11 nitrogen and oxygen atoms in total. The molecule has 0 radical (unpaired) electrons. The maximum Gasteiger partial charge on any atom is 0.472 e. The molecule has 0 aliphatic carbocycles. The van der Waals surface area contributed by atoms with Crippen LogP contribution in [0.4, 0.5) is 0 Å². The van der Waals surface area contributed by atoms with Crippen molar-refractivity contribution in [3.8, 4) is 0 Å². The summed E-state index contributed by atoms with van der Waals surface area (Å²) < 4.78 is 39.5. The molecule has 0 spiro atoms. The van der Waals surface area contributed by atoms with Crippen molar-refractivity contribution in [3.63, 3.8) is 0 Å². The van der Waals surface area contributed by atoms with Crippen molar-refractivity contribution in [2.24, 2.45) is 0 Å². The van der Waals surface area contributed by atoms with Crippen LogP contribution in [0.25, 0.3) is 0 Å². The van der Waals surface area contributed by atoms with E-state index in [2.05, 4.69) is 118 Å². The zero-order chi connectivity index (χ0) is 56.9. The molecule has 3 atom stereocenters. The van der Waals surface area contributed by atoms with Crippen LogP contribution in [-0.2, 0) is 42.2 Å². The quantitative estimate of drug-likeness (QED) is 0.0197. The summed E-state index contributed by atoms with van der Waals surface area (Å²) in [5, 5.41) is 9.82. The van der Waals surface area contributed by atoms with E-state index in [1.165, 1.54) is 96.3 Å². The Morgan fingerprint density at radius 2 is 0.679 bits per heavy atom. The Hall–Kier alpha value is -3.86. The molecule has 2 N–H and O–H groups in total. The van der Waals surface area contributed by atoms with E-state index in [0.29, 0.717) is 25.7 Å². The van der Waals surface area contributed by atoms with Crippen LogP contribution in [0.1, 0.15) is 252 Å². The molecule has 0 amide bonds. The highest BCUT2D eigenvalue weighted by Crippen LogP contribution is 2.43. The fraction of sp³-hybridized carbons (Fsp3) is 0.682. The lowest BCUT2D eigenvalue weighted by atomic mass is 10.0. The van der Waals surface area contributed by atoms with E-state index in [1.54, 1.807) is 0 Å². The van der Waals surface area contributed by atoms with Crippen LogP contribution in [0.3, 0.4) is 0 Å². The Morgan fingerprint density at radius 3 is 1.08 bits per heavy atom. The van der Waals surface area contributed by atoms with Gasteiger partial charge in [-0.3, -0.25) is 23.4 Å². The van der Waals surface area contributed by atoms with Crippen LogP contribution >= 0.6 is 7.82 Å². The minimum absolute atomic E-state index is 0.0827. The van der Waals surface area contributed by atoms with E-state index in [4.69, 9.17) is 23.3 Å². The van der Waals surface area contributed by atoms with E-state index in [1.807, 2.05) is 12.2 Å². The van der Waals surface area contributed by atoms with Gasteiger partial charge in [0, 0.05) is 19.3 Å². The van der Waals surface area contributed by atoms with Crippen molar-refractivity contribution in [2.45, 2.75) is 264 Å². The van der Waals surface area contributed by atoms with Crippen molar-refractivity contribution >= 4 is 25.7 Å². The van der Waals surface area contributed by atoms with Gasteiger partial charge in [0.1, 0.15) is 12.7 Å². The van der Waals surface area contributed by atoms with Crippen LogP contribution in [-0.4, -0.2) is 66.5 Å². The van der Waals surface area contributed by atoms with Crippen LogP contribution < -0.4 is 0 Å². The molecule has 0 aromatic rings. The topological polar surface area (TPSA) is 155 Å². The SMILES string of the molecule is CC/C=C\C/C=C\C/C=C\C/C=C\C/C=C\CCCC(=O)OC(COC(=O)CCCCCCCCCCCCCCCCCCCCC)COP(=O)(O)OCC(CO)OC(=O)CCCC/C=C\C/C=C\C/C=C\C/C=C\CC. The van der Waals surface area contributed by atoms with E-state index in [9.17, 15) is 28.9 Å². The van der Waals surface area contributed by atoms with Gasteiger partial charge in [-0.2, -0.15) is 0 Å². The number of hydrogen-bond acceptors (Lipinski definition) is 10. The molecule has 0 saturated carbocycles. The predicted octanol–water partition coefficient (Wildman–Crippen LogP) is 18.6. The first kappa shape index (κ1) is 74.1. The summed E-state index contributed by atoms with van der Waals surface area (Å²) in [7, 11) is -4.78. The molecule has 0 heterocycles. The smallest absolute Gasteiger partial charge is 0.462 e. The second-order valence-corrected chi connectivity index (χ2v) is 21.6. The lowest BCUT2D eigenvalue weighted by Gasteiger charge is -2.21. The molecule has 446 valence electrons. The van der Waals surface area contributed by atoms with E-state index >= 15 is 0 Å². The third-order valence-electron chi connectivity index (χ3n) is 12.7. The van der Waals surface area contributed by atoms with Gasteiger partial charge >= 0.3 is 25.7 Å². The number of allylic oxidation sites excluding steroid dienone is 18. The average molecular weight is 1110 g/mol. The summed E-state index contributed by atoms with van der Waals surface area (Å²) >= 11 is 0. The van der Waals surface area contributed by atoms with Gasteiger partial charge in [0.05, 0.1) is 19.8 Å². The number of esters is 3. The molecule has 78 heavy (non-hydrogen) atoms. The van der Waals surface area contributed by atoms with Gasteiger partial charge in [0.2, 0.25) is 0 Å². The van der Waals surface area contributed by atoms with Gasteiger partial charge in [-0.05, 0) is 96.3 Å². The van der Waals surface area contributed by atoms with Gasteiger partial charge < -0.3 is 24.2 Å². The number of aliphatic hydroxyl groups excluding tert-OH is 1. The summed E-state index contributed by atoms with van der Waals surface area (Å²) in [6.45, 7) is 4.32. The highest BCUT2D eigenvalue weighted by molar-refractivity contribution is 7.47. The Morgan fingerprint density at radius 1 is 0.372 bits per heavy atom. The number of hydrogen-bond donors (Lipinski definition) is 2. The minimum atomic E-state index is -4.78. The fourth-order valence-corrected chi connectivity index (χ4v) is 8.87. The number of aliphatic hydroxyl groups is 1. The van der Waals surface area contributed by atoms with E-state index in [0.717, 1.165) is 89.9 Å². The highest BCUT2D eigenvalue weighted by atomic mass is 31.2. The second-order valence-electron chi connectivity index (χ2n) is 20.1. The first-order chi connectivity index (χ1) is 38.2. The monoisotopic (exact) mass is 1110 g/mol. The molecule has 12 heteroatoms. The van der Waals surface area contributed by atoms with Gasteiger partial charge in [-0.1, -0.05) is 246 Å². The Balaban J connectivity index is 4.81. The molecule has 0 saturated heterocycles. The molecule has 0 aliphatic heterocycles. The van der Waals surface area contributed by atoms with Crippen molar-refractivity contribution in [3.05, 3.63) is 109 Å². The molecule has 0 rings (SSSR count). The summed E-state index contributed by atoms with van der Waals surface area (Å²) in [6.07, 6.45) is 72.0. The molecule has 0 fully saturated rings. The molecule has 3 unspecified atom stereocenters. The maximum absolute atomic E-state index is 12.9. The zero-order valence-corrected chi connectivity index (χ0v) is 50.2. The summed E-state index contributed by atoms with van der Waals surface area (Å²) in [5.74, 6) is -1.58. The first-order valence-corrected chi connectivity index (χ1v) is 32.3. The number of unbranched alkanes of at least 4 members (excludes halogenated alkanes) is 21. The summed E-state index contributed by atoms with van der Waals surface area (Å²) in [6, 6.07) is 0. The second kappa shape index (κ2) is 59.3. The van der Waals surface area contributed by atoms with Crippen molar-refractivity contribution in [1.82, 2.24) is 0 Å². The van der Waals surface area contributed by atoms with Crippen LogP contribution in [0.2, 0.25) is 0 Å². The van der Waals surface area contributed by atoms with Crippen LogP contribution in [0, 0.1) is 0 Å². The molecule has 0 aliphatic rings. The van der Waals surface area contributed by atoms with Crippen molar-refractivity contribution < 1.29 is 52.2 Å². The number of rotatable bonds is 56. The standard InChI is InChI=1S/C66H111O11P/c1-4-7-10-13-16-19-22-25-28-30-31-33-35-37-40-43-46-49-52-55-64(68)73-59-63(77-66(70)57-54-51-48-45-42-39-36-32-29-26-23-20-17-14-11-8-5-2)61-75-78(71,72)74-60-62(58-67)76-65(69)56-53-50-47-44-41-38-34-27-24-21-18-15-12-9-6-3/h8-9,11-12,17-18,20-21,26-27,29,34,36,39,41,44-45,48,62-63,67H,4-7,10,13-16,19,22-25,28,30-33,35,37-38,40,42-43,46-47,49-61H2,1-3H3,(H,71,72)/b11-8-,12-9-,20-17-,21-18-,29-26-,34-27-,39-36-,44-41-,48-45-. The lowest BCUT2D eigenvalue weighted by molar-refractivity contribution is -0.161. The van der Waals surface area contributed by atoms with Crippen LogP contribution in [0.15, 0.2) is 109 Å².